The largest absolute Gasteiger partial charge is 0.496 e. The fourth-order valence-electron chi connectivity index (χ4n) is 2.31. The summed E-state index contributed by atoms with van der Waals surface area (Å²) in [7, 11) is 1.61. The summed E-state index contributed by atoms with van der Waals surface area (Å²) in [6.07, 6.45) is 0.836. The minimum absolute atomic E-state index is 0.0488. The average Bonchev–Trinajstić information content (AvgIpc) is 2.37. The van der Waals surface area contributed by atoms with Gasteiger partial charge in [0.25, 0.3) is 0 Å². The van der Waals surface area contributed by atoms with Crippen LogP contribution in [0.15, 0.2) is 18.2 Å². The Balaban J connectivity index is 2.79. The Labute approximate surface area is 127 Å². The number of benzene rings is 1. The van der Waals surface area contributed by atoms with E-state index in [4.69, 9.17) is 9.84 Å². The number of hydrogen-bond donors (Lipinski definition) is 2. The molecular formula is C17H27NO3. The number of aliphatic hydroxyl groups excluding tert-OH is 1. The lowest BCUT2D eigenvalue weighted by molar-refractivity contribution is -0.122. The highest BCUT2D eigenvalue weighted by Crippen LogP contribution is 2.23. The number of aryl methyl sites for hydroxylation is 1. The number of amides is 1. The third-order valence-corrected chi connectivity index (χ3v) is 3.59. The van der Waals surface area contributed by atoms with Crippen LogP contribution in [0.5, 0.6) is 5.75 Å². The lowest BCUT2D eigenvalue weighted by Gasteiger charge is -2.31. The first-order valence-electron chi connectivity index (χ1n) is 7.31. The van der Waals surface area contributed by atoms with Gasteiger partial charge in [-0.05, 0) is 24.8 Å². The molecule has 1 atom stereocenters. The maximum atomic E-state index is 12.3. The van der Waals surface area contributed by atoms with Gasteiger partial charge in [-0.2, -0.15) is 0 Å². The third-order valence-electron chi connectivity index (χ3n) is 3.59. The maximum Gasteiger partial charge on any atom is 0.224 e. The number of aliphatic hydroxyl groups is 1. The zero-order chi connectivity index (χ0) is 16.0. The highest BCUT2D eigenvalue weighted by molar-refractivity contribution is 5.79. The van der Waals surface area contributed by atoms with Crippen LogP contribution in [0, 0.1) is 12.3 Å². The van der Waals surface area contributed by atoms with Gasteiger partial charge in [0.1, 0.15) is 5.75 Å². The van der Waals surface area contributed by atoms with Gasteiger partial charge in [0.15, 0.2) is 0 Å². The number of carbonyl (C=O) groups is 1. The summed E-state index contributed by atoms with van der Waals surface area (Å²) in [5, 5.41) is 12.2. The van der Waals surface area contributed by atoms with Crippen molar-refractivity contribution in [2.24, 2.45) is 5.41 Å². The Kier molecular flexibility index (Phi) is 6.21. The predicted octanol–water partition coefficient (Wildman–Crippen LogP) is 2.46. The quantitative estimate of drug-likeness (QED) is 0.847. The molecular weight excluding hydrogens is 266 g/mol. The lowest BCUT2D eigenvalue weighted by Crippen LogP contribution is -2.44. The molecule has 1 aromatic rings. The van der Waals surface area contributed by atoms with Crippen molar-refractivity contribution in [1.29, 1.82) is 0 Å². The normalized spacial score (nSPS) is 12.9. The molecule has 0 saturated heterocycles. The Bertz CT molecular complexity index is 477. The van der Waals surface area contributed by atoms with Crippen LogP contribution in [0.4, 0.5) is 0 Å². The summed E-state index contributed by atoms with van der Waals surface area (Å²) in [5.74, 6) is 0.678. The van der Waals surface area contributed by atoms with E-state index in [9.17, 15) is 4.79 Å². The maximum absolute atomic E-state index is 12.3. The second kappa shape index (κ2) is 7.46. The van der Waals surface area contributed by atoms with Crippen LogP contribution in [0.1, 0.15) is 38.3 Å². The fourth-order valence-corrected chi connectivity index (χ4v) is 2.31. The van der Waals surface area contributed by atoms with Crippen LogP contribution in [0.25, 0.3) is 0 Å². The van der Waals surface area contributed by atoms with E-state index in [-0.39, 0.29) is 30.4 Å². The van der Waals surface area contributed by atoms with Crippen LogP contribution in [-0.2, 0) is 11.2 Å². The van der Waals surface area contributed by atoms with E-state index < -0.39 is 0 Å². The standard InChI is InChI=1S/C17H27NO3/c1-12-6-7-14(21-5)13(10-12)11-16(20)18-15(8-9-19)17(2,3)4/h6-7,10,15,19H,8-9,11H2,1-5H3,(H,18,20). The first-order chi connectivity index (χ1) is 9.77. The van der Waals surface area contributed by atoms with Crippen molar-refractivity contribution in [1.82, 2.24) is 5.32 Å². The molecule has 0 aromatic heterocycles. The highest BCUT2D eigenvalue weighted by Gasteiger charge is 2.25. The number of carbonyl (C=O) groups excluding carboxylic acids is 1. The number of ether oxygens (including phenoxy) is 1. The smallest absolute Gasteiger partial charge is 0.224 e. The monoisotopic (exact) mass is 293 g/mol. The Morgan fingerprint density at radius 2 is 2.05 bits per heavy atom. The molecule has 0 spiro atoms. The number of nitrogens with one attached hydrogen (secondary N) is 1. The molecule has 1 rings (SSSR count). The molecule has 1 amide bonds. The molecule has 118 valence electrons. The molecule has 4 nitrogen and oxygen atoms in total. The van der Waals surface area contributed by atoms with Crippen molar-refractivity contribution in [3.63, 3.8) is 0 Å². The molecule has 0 aliphatic rings. The molecule has 21 heavy (non-hydrogen) atoms. The topological polar surface area (TPSA) is 58.6 Å². The van der Waals surface area contributed by atoms with Crippen molar-refractivity contribution >= 4 is 5.91 Å². The van der Waals surface area contributed by atoms with Crippen LogP contribution in [0.3, 0.4) is 0 Å². The molecule has 0 bridgehead atoms. The summed E-state index contributed by atoms with van der Waals surface area (Å²) in [4.78, 5) is 12.3. The molecule has 0 saturated carbocycles. The molecule has 4 heteroatoms. The minimum atomic E-state index is -0.0882. The summed E-state index contributed by atoms with van der Waals surface area (Å²) in [6, 6.07) is 5.76. The Hall–Kier alpha value is -1.55. The van der Waals surface area contributed by atoms with E-state index in [2.05, 4.69) is 26.1 Å². The van der Waals surface area contributed by atoms with Gasteiger partial charge in [0, 0.05) is 18.2 Å². The Morgan fingerprint density at radius 1 is 1.38 bits per heavy atom. The van der Waals surface area contributed by atoms with E-state index >= 15 is 0 Å². The van der Waals surface area contributed by atoms with Crippen molar-refractivity contribution < 1.29 is 14.6 Å². The number of rotatable bonds is 6. The third kappa shape index (κ3) is 5.38. The van der Waals surface area contributed by atoms with Gasteiger partial charge in [-0.25, -0.2) is 0 Å². The van der Waals surface area contributed by atoms with Crippen molar-refractivity contribution in [3.8, 4) is 5.75 Å². The predicted molar refractivity (Wildman–Crippen MR) is 84.5 cm³/mol. The van der Waals surface area contributed by atoms with Crippen molar-refractivity contribution in [2.75, 3.05) is 13.7 Å². The molecule has 0 aliphatic heterocycles. The van der Waals surface area contributed by atoms with Crippen LogP contribution in [0.2, 0.25) is 0 Å². The van der Waals surface area contributed by atoms with E-state index in [0.717, 1.165) is 16.9 Å². The molecule has 1 unspecified atom stereocenters. The van der Waals surface area contributed by atoms with Crippen LogP contribution >= 0.6 is 0 Å². The second-order valence-corrected chi connectivity index (χ2v) is 6.49. The van der Waals surface area contributed by atoms with E-state index in [1.807, 2.05) is 25.1 Å². The molecule has 0 radical (unpaired) electrons. The summed E-state index contributed by atoms with van der Waals surface area (Å²) < 4.78 is 5.30. The number of hydrogen-bond acceptors (Lipinski definition) is 3. The molecule has 0 heterocycles. The molecule has 0 fully saturated rings. The zero-order valence-electron chi connectivity index (χ0n) is 13.7. The van der Waals surface area contributed by atoms with Crippen LogP contribution < -0.4 is 10.1 Å². The summed E-state index contributed by atoms with van der Waals surface area (Å²) in [5.41, 5.74) is 1.89. The van der Waals surface area contributed by atoms with Gasteiger partial charge in [0.05, 0.1) is 13.5 Å². The zero-order valence-corrected chi connectivity index (χ0v) is 13.7. The van der Waals surface area contributed by atoms with Crippen molar-refractivity contribution in [2.45, 2.75) is 46.6 Å². The highest BCUT2D eigenvalue weighted by atomic mass is 16.5. The molecule has 2 N–H and O–H groups in total. The first-order valence-corrected chi connectivity index (χ1v) is 7.31. The van der Waals surface area contributed by atoms with Gasteiger partial charge in [-0.15, -0.1) is 0 Å². The van der Waals surface area contributed by atoms with E-state index in [0.29, 0.717) is 6.42 Å². The lowest BCUT2D eigenvalue weighted by atomic mass is 9.85. The van der Waals surface area contributed by atoms with Gasteiger partial charge in [0.2, 0.25) is 5.91 Å². The van der Waals surface area contributed by atoms with Gasteiger partial charge in [-0.1, -0.05) is 38.5 Å². The van der Waals surface area contributed by atoms with Crippen molar-refractivity contribution in [3.05, 3.63) is 29.3 Å². The average molecular weight is 293 g/mol. The number of methoxy groups -OCH3 is 1. The first kappa shape index (κ1) is 17.5. The van der Waals surface area contributed by atoms with E-state index in [1.54, 1.807) is 7.11 Å². The van der Waals surface area contributed by atoms with Crippen LogP contribution in [-0.4, -0.2) is 30.8 Å². The van der Waals surface area contributed by atoms with Gasteiger partial charge < -0.3 is 15.2 Å². The fraction of sp³-hybridized carbons (Fsp3) is 0.588. The van der Waals surface area contributed by atoms with Gasteiger partial charge >= 0.3 is 0 Å². The Morgan fingerprint density at radius 3 is 2.57 bits per heavy atom. The second-order valence-electron chi connectivity index (χ2n) is 6.49. The molecule has 0 aliphatic carbocycles. The van der Waals surface area contributed by atoms with Gasteiger partial charge in [-0.3, -0.25) is 4.79 Å². The molecule has 1 aromatic carbocycles. The summed E-state index contributed by atoms with van der Waals surface area (Å²) in [6.45, 7) is 8.23. The SMILES string of the molecule is COc1ccc(C)cc1CC(=O)NC(CCO)C(C)(C)C. The minimum Gasteiger partial charge on any atom is -0.496 e. The van der Waals surface area contributed by atoms with E-state index in [1.165, 1.54) is 0 Å². The summed E-state index contributed by atoms with van der Waals surface area (Å²) >= 11 is 0.